The number of nitrogens with one attached hydrogen (secondary N) is 1. The number of pyridine rings is 1. The van der Waals surface area contributed by atoms with Crippen LogP contribution in [0.2, 0.25) is 0 Å². The minimum absolute atomic E-state index is 0.153. The van der Waals surface area contributed by atoms with Crippen molar-refractivity contribution in [1.29, 1.82) is 0 Å². The van der Waals surface area contributed by atoms with Crippen molar-refractivity contribution in [3.63, 3.8) is 0 Å². The molecule has 4 nitrogen and oxygen atoms in total. The molecule has 1 rings (SSSR count). The average Bonchev–Trinajstić information content (AvgIpc) is 2.03. The van der Waals surface area contributed by atoms with E-state index < -0.39 is 5.54 Å². The fourth-order valence-corrected chi connectivity index (χ4v) is 1.27. The van der Waals surface area contributed by atoms with Crippen LogP contribution >= 0.6 is 0 Å². The van der Waals surface area contributed by atoms with Gasteiger partial charge in [-0.3, -0.25) is 4.79 Å². The monoisotopic (exact) mass is 182 g/mol. The van der Waals surface area contributed by atoms with Gasteiger partial charge in [-0.25, -0.2) is 0 Å². The number of aryl methyl sites for hydroxylation is 1. The van der Waals surface area contributed by atoms with Crippen LogP contribution in [0.1, 0.15) is 18.1 Å². The van der Waals surface area contributed by atoms with Crippen molar-refractivity contribution >= 4 is 0 Å². The van der Waals surface area contributed by atoms with E-state index in [9.17, 15) is 4.79 Å². The molecule has 13 heavy (non-hydrogen) atoms. The van der Waals surface area contributed by atoms with Crippen LogP contribution in [0, 0.1) is 6.92 Å². The van der Waals surface area contributed by atoms with Crippen LogP contribution in [0.25, 0.3) is 0 Å². The van der Waals surface area contributed by atoms with E-state index >= 15 is 0 Å². The number of hydrogen-bond donors (Lipinski definition) is 3. The number of aromatic amines is 1. The van der Waals surface area contributed by atoms with Crippen molar-refractivity contribution < 1.29 is 5.11 Å². The lowest BCUT2D eigenvalue weighted by Gasteiger charge is -2.23. The molecule has 1 unspecified atom stereocenters. The van der Waals surface area contributed by atoms with Crippen LogP contribution < -0.4 is 11.3 Å². The summed E-state index contributed by atoms with van der Waals surface area (Å²) < 4.78 is 0. The Morgan fingerprint density at radius 3 is 2.77 bits per heavy atom. The summed E-state index contributed by atoms with van der Waals surface area (Å²) in [6.45, 7) is 3.36. The smallest absolute Gasteiger partial charge is 0.248 e. The van der Waals surface area contributed by atoms with Crippen molar-refractivity contribution in [3.05, 3.63) is 33.7 Å². The third-order valence-electron chi connectivity index (χ3n) is 2.07. The fourth-order valence-electron chi connectivity index (χ4n) is 1.27. The molecule has 0 saturated carbocycles. The molecule has 0 saturated heterocycles. The number of aliphatic hydroxyl groups excluding tert-OH is 1. The Hall–Kier alpha value is -1.13. The molecule has 1 atom stereocenters. The largest absolute Gasteiger partial charge is 0.394 e. The highest BCUT2D eigenvalue weighted by Gasteiger charge is 2.21. The lowest BCUT2D eigenvalue weighted by Crippen LogP contribution is -2.38. The van der Waals surface area contributed by atoms with E-state index in [4.69, 9.17) is 10.8 Å². The summed E-state index contributed by atoms with van der Waals surface area (Å²) in [5.41, 5.74) is 6.41. The van der Waals surface area contributed by atoms with E-state index in [1.807, 2.05) is 0 Å². The molecule has 0 aliphatic heterocycles. The summed E-state index contributed by atoms with van der Waals surface area (Å²) in [5, 5.41) is 9.02. The molecular formula is C9H14N2O2. The van der Waals surface area contributed by atoms with Crippen molar-refractivity contribution in [3.8, 4) is 0 Å². The maximum Gasteiger partial charge on any atom is 0.248 e. The number of hydrogen-bond acceptors (Lipinski definition) is 3. The van der Waals surface area contributed by atoms with Gasteiger partial charge < -0.3 is 15.8 Å². The molecule has 0 bridgehead atoms. The third kappa shape index (κ3) is 1.96. The summed E-state index contributed by atoms with van der Waals surface area (Å²) in [5.74, 6) is 0. The summed E-state index contributed by atoms with van der Waals surface area (Å²) in [7, 11) is 0. The van der Waals surface area contributed by atoms with Gasteiger partial charge in [0.25, 0.3) is 0 Å². The molecule has 1 aromatic heterocycles. The Morgan fingerprint density at radius 2 is 2.31 bits per heavy atom. The average molecular weight is 182 g/mol. The first-order valence-electron chi connectivity index (χ1n) is 4.07. The lowest BCUT2D eigenvalue weighted by atomic mass is 9.92. The summed E-state index contributed by atoms with van der Waals surface area (Å²) in [6.07, 6.45) is 1.55. The number of aliphatic hydroxyl groups is 1. The quantitative estimate of drug-likeness (QED) is 0.595. The maximum atomic E-state index is 10.9. The van der Waals surface area contributed by atoms with Crippen LogP contribution in [-0.4, -0.2) is 16.7 Å². The van der Waals surface area contributed by atoms with E-state index in [2.05, 4.69) is 4.98 Å². The van der Waals surface area contributed by atoms with Gasteiger partial charge in [-0.15, -0.1) is 0 Å². The second-order valence-corrected chi connectivity index (χ2v) is 3.47. The van der Waals surface area contributed by atoms with Crippen molar-refractivity contribution in [2.75, 3.05) is 6.61 Å². The zero-order valence-electron chi connectivity index (χ0n) is 7.79. The van der Waals surface area contributed by atoms with Gasteiger partial charge in [0, 0.05) is 12.3 Å². The molecule has 1 aromatic rings. The predicted octanol–water partition coefficient (Wildman–Crippen LogP) is -0.150. The number of nitrogens with two attached hydrogens (primary N) is 1. The van der Waals surface area contributed by atoms with Gasteiger partial charge in [0.1, 0.15) is 0 Å². The molecule has 0 aliphatic carbocycles. The fraction of sp³-hybridized carbons (Fsp3) is 0.444. The van der Waals surface area contributed by atoms with Crippen LogP contribution in [0.15, 0.2) is 17.1 Å². The number of rotatable bonds is 2. The Kier molecular flexibility index (Phi) is 2.54. The molecule has 1 heterocycles. The normalized spacial score (nSPS) is 15.4. The minimum atomic E-state index is -0.797. The summed E-state index contributed by atoms with van der Waals surface area (Å²) >= 11 is 0. The van der Waals surface area contributed by atoms with Crippen molar-refractivity contribution in [1.82, 2.24) is 4.98 Å². The van der Waals surface area contributed by atoms with Crippen LogP contribution in [0.5, 0.6) is 0 Å². The molecule has 0 radical (unpaired) electrons. The van der Waals surface area contributed by atoms with Gasteiger partial charge in [-0.05, 0) is 25.0 Å². The van der Waals surface area contributed by atoms with Gasteiger partial charge in [0.05, 0.1) is 12.1 Å². The molecule has 72 valence electrons. The first-order valence-corrected chi connectivity index (χ1v) is 4.07. The Bertz CT molecular complexity index is 355. The Morgan fingerprint density at radius 1 is 1.69 bits per heavy atom. The maximum absolute atomic E-state index is 10.9. The molecule has 0 fully saturated rings. The van der Waals surface area contributed by atoms with E-state index in [0.717, 1.165) is 11.1 Å². The molecule has 0 aliphatic rings. The van der Waals surface area contributed by atoms with Gasteiger partial charge in [-0.2, -0.15) is 0 Å². The highest BCUT2D eigenvalue weighted by atomic mass is 16.3. The molecule has 4 heteroatoms. The first-order chi connectivity index (χ1) is 5.97. The van der Waals surface area contributed by atoms with Crippen molar-refractivity contribution in [2.24, 2.45) is 5.73 Å². The topological polar surface area (TPSA) is 79.1 Å². The zero-order chi connectivity index (χ0) is 10.1. The lowest BCUT2D eigenvalue weighted by molar-refractivity contribution is 0.209. The number of aromatic nitrogens is 1. The molecule has 0 spiro atoms. The molecule has 0 amide bonds. The van der Waals surface area contributed by atoms with E-state index in [1.165, 1.54) is 6.07 Å². The predicted molar refractivity (Wildman–Crippen MR) is 50.4 cm³/mol. The molecule has 4 N–H and O–H groups in total. The highest BCUT2D eigenvalue weighted by Crippen LogP contribution is 2.18. The van der Waals surface area contributed by atoms with Gasteiger partial charge in [0.2, 0.25) is 5.56 Å². The highest BCUT2D eigenvalue weighted by molar-refractivity contribution is 5.28. The third-order valence-corrected chi connectivity index (χ3v) is 2.07. The SMILES string of the molecule is Cc1cc(=O)[nH]cc1C(C)(N)CO. The van der Waals surface area contributed by atoms with Crippen molar-refractivity contribution in [2.45, 2.75) is 19.4 Å². The van der Waals surface area contributed by atoms with Crippen LogP contribution in [0.3, 0.4) is 0 Å². The second kappa shape index (κ2) is 3.32. The Balaban J connectivity index is 3.23. The van der Waals surface area contributed by atoms with E-state index in [-0.39, 0.29) is 12.2 Å². The number of H-pyrrole nitrogens is 1. The van der Waals surface area contributed by atoms with Gasteiger partial charge in [-0.1, -0.05) is 0 Å². The van der Waals surface area contributed by atoms with E-state index in [1.54, 1.807) is 20.0 Å². The van der Waals surface area contributed by atoms with Crippen LogP contribution in [-0.2, 0) is 5.54 Å². The van der Waals surface area contributed by atoms with E-state index in [0.29, 0.717) is 0 Å². The second-order valence-electron chi connectivity index (χ2n) is 3.47. The first kappa shape index (κ1) is 9.95. The standard InChI is InChI=1S/C9H14N2O2/c1-6-3-8(13)11-4-7(6)9(2,10)5-12/h3-4,12H,5,10H2,1-2H3,(H,11,13). The van der Waals surface area contributed by atoms with Gasteiger partial charge >= 0.3 is 0 Å². The summed E-state index contributed by atoms with van der Waals surface area (Å²) in [4.78, 5) is 13.4. The van der Waals surface area contributed by atoms with Crippen LogP contribution in [0.4, 0.5) is 0 Å². The Labute approximate surface area is 76.4 Å². The summed E-state index contributed by atoms with van der Waals surface area (Å²) in [6, 6.07) is 1.47. The minimum Gasteiger partial charge on any atom is -0.394 e. The zero-order valence-corrected chi connectivity index (χ0v) is 7.79. The van der Waals surface area contributed by atoms with Gasteiger partial charge in [0.15, 0.2) is 0 Å². The molecule has 0 aromatic carbocycles. The molecular weight excluding hydrogens is 168 g/mol.